The molecule has 1 heterocycles. The molecule has 2 aromatic carbocycles. The molecule has 6 nitrogen and oxygen atoms in total. The first-order valence-corrected chi connectivity index (χ1v) is 10.9. The number of sulfone groups is 1. The van der Waals surface area contributed by atoms with Crippen LogP contribution in [0.4, 0.5) is 5.69 Å². The number of thiophene rings is 1. The number of benzene rings is 2. The van der Waals surface area contributed by atoms with E-state index in [1.54, 1.807) is 6.07 Å². The van der Waals surface area contributed by atoms with Crippen LogP contribution in [0.15, 0.2) is 65.6 Å². The van der Waals surface area contributed by atoms with E-state index in [1.807, 2.05) is 30.3 Å². The number of anilines is 1. The maximum absolute atomic E-state index is 12.6. The summed E-state index contributed by atoms with van der Waals surface area (Å²) in [5.74, 6) is -1.00. The van der Waals surface area contributed by atoms with Gasteiger partial charge in [0, 0.05) is 16.7 Å². The second-order valence-electron chi connectivity index (χ2n) is 5.96. The van der Waals surface area contributed by atoms with Crippen molar-refractivity contribution in [3.63, 3.8) is 0 Å². The summed E-state index contributed by atoms with van der Waals surface area (Å²) in [4.78, 5) is 25.9. The minimum absolute atomic E-state index is 0.126. The zero-order valence-corrected chi connectivity index (χ0v) is 16.8. The molecule has 0 fully saturated rings. The summed E-state index contributed by atoms with van der Waals surface area (Å²) >= 11 is 1.22. The standard InChI is InChI=1S/C20H17NO5S2/c1-26-20(23)18-16(12-17(27-18)13-6-4-3-5-7-13)21-19(22)14-8-10-15(11-9-14)28(2,24)25/h3-12H,1-2H3,(H,21,22). The van der Waals surface area contributed by atoms with Crippen LogP contribution in [0, 0.1) is 0 Å². The first-order valence-electron chi connectivity index (χ1n) is 8.18. The molecule has 3 aromatic rings. The van der Waals surface area contributed by atoms with Gasteiger partial charge in [0.25, 0.3) is 5.91 Å². The quantitative estimate of drug-likeness (QED) is 0.639. The first-order chi connectivity index (χ1) is 13.3. The van der Waals surface area contributed by atoms with Crippen LogP contribution in [0.1, 0.15) is 20.0 Å². The predicted molar refractivity (Wildman–Crippen MR) is 109 cm³/mol. The molecule has 0 bridgehead atoms. The summed E-state index contributed by atoms with van der Waals surface area (Å²) in [5, 5.41) is 2.71. The lowest BCUT2D eigenvalue weighted by molar-refractivity contribution is 0.0607. The summed E-state index contributed by atoms with van der Waals surface area (Å²) in [6.07, 6.45) is 1.10. The Morgan fingerprint density at radius 1 is 1.00 bits per heavy atom. The molecule has 3 rings (SSSR count). The van der Waals surface area contributed by atoms with Gasteiger partial charge in [-0.25, -0.2) is 13.2 Å². The normalized spacial score (nSPS) is 11.1. The lowest BCUT2D eigenvalue weighted by Gasteiger charge is -2.06. The van der Waals surface area contributed by atoms with Crippen molar-refractivity contribution in [2.75, 3.05) is 18.7 Å². The molecule has 1 N–H and O–H groups in total. The van der Waals surface area contributed by atoms with Gasteiger partial charge in [-0.2, -0.15) is 0 Å². The van der Waals surface area contributed by atoms with E-state index in [1.165, 1.54) is 42.7 Å². The Morgan fingerprint density at radius 2 is 1.64 bits per heavy atom. The number of carbonyl (C=O) groups excluding carboxylic acids is 2. The molecule has 0 radical (unpaired) electrons. The van der Waals surface area contributed by atoms with E-state index < -0.39 is 21.7 Å². The van der Waals surface area contributed by atoms with Crippen molar-refractivity contribution in [1.29, 1.82) is 0 Å². The maximum Gasteiger partial charge on any atom is 0.350 e. The lowest BCUT2D eigenvalue weighted by atomic mass is 10.2. The van der Waals surface area contributed by atoms with E-state index in [0.717, 1.165) is 16.7 Å². The van der Waals surface area contributed by atoms with E-state index in [-0.39, 0.29) is 15.3 Å². The average molecular weight is 415 g/mol. The van der Waals surface area contributed by atoms with Crippen molar-refractivity contribution in [1.82, 2.24) is 0 Å². The van der Waals surface area contributed by atoms with Crippen LogP contribution >= 0.6 is 11.3 Å². The van der Waals surface area contributed by atoms with Gasteiger partial charge in [-0.15, -0.1) is 11.3 Å². The van der Waals surface area contributed by atoms with Crippen LogP contribution in [0.5, 0.6) is 0 Å². The van der Waals surface area contributed by atoms with Gasteiger partial charge < -0.3 is 10.1 Å². The number of hydrogen-bond acceptors (Lipinski definition) is 6. The van der Waals surface area contributed by atoms with Crippen molar-refractivity contribution in [3.05, 3.63) is 71.1 Å². The van der Waals surface area contributed by atoms with Gasteiger partial charge in [0.1, 0.15) is 4.88 Å². The number of carbonyl (C=O) groups is 2. The first kappa shape index (κ1) is 19.8. The number of amides is 1. The fraction of sp³-hybridized carbons (Fsp3) is 0.100. The Balaban J connectivity index is 1.91. The number of methoxy groups -OCH3 is 1. The molecule has 0 unspecified atom stereocenters. The van der Waals surface area contributed by atoms with Gasteiger partial charge in [0.15, 0.2) is 9.84 Å². The highest BCUT2D eigenvalue weighted by atomic mass is 32.2. The van der Waals surface area contributed by atoms with Gasteiger partial charge in [-0.05, 0) is 35.9 Å². The van der Waals surface area contributed by atoms with Gasteiger partial charge in [0.2, 0.25) is 0 Å². The molecule has 0 atom stereocenters. The van der Waals surface area contributed by atoms with E-state index >= 15 is 0 Å². The highest BCUT2D eigenvalue weighted by Gasteiger charge is 2.20. The summed E-state index contributed by atoms with van der Waals surface area (Å²) in [7, 11) is -2.07. The lowest BCUT2D eigenvalue weighted by Crippen LogP contribution is -2.14. The number of rotatable bonds is 5. The molecule has 0 aliphatic rings. The van der Waals surface area contributed by atoms with E-state index in [9.17, 15) is 18.0 Å². The van der Waals surface area contributed by atoms with E-state index in [0.29, 0.717) is 5.69 Å². The van der Waals surface area contributed by atoms with Crippen molar-refractivity contribution in [3.8, 4) is 10.4 Å². The Morgan fingerprint density at radius 3 is 2.21 bits per heavy atom. The Kier molecular flexibility index (Phi) is 5.62. The monoisotopic (exact) mass is 415 g/mol. The third-order valence-electron chi connectivity index (χ3n) is 3.95. The molecule has 0 saturated carbocycles. The second kappa shape index (κ2) is 7.95. The summed E-state index contributed by atoms with van der Waals surface area (Å²) < 4.78 is 27.9. The van der Waals surface area contributed by atoms with E-state index in [2.05, 4.69) is 5.32 Å². The molecule has 0 spiro atoms. The zero-order chi connectivity index (χ0) is 20.3. The largest absolute Gasteiger partial charge is 0.465 e. The molecule has 28 heavy (non-hydrogen) atoms. The molecule has 0 aliphatic heterocycles. The van der Waals surface area contributed by atoms with Crippen LogP contribution in [-0.4, -0.2) is 33.7 Å². The fourth-order valence-corrected chi connectivity index (χ4v) is 4.19. The smallest absolute Gasteiger partial charge is 0.350 e. The van der Waals surface area contributed by atoms with Crippen LogP contribution in [0.2, 0.25) is 0 Å². The number of nitrogens with one attached hydrogen (secondary N) is 1. The molecule has 1 amide bonds. The summed E-state index contributed by atoms with van der Waals surface area (Å²) in [6, 6.07) is 16.8. The Hall–Kier alpha value is -2.97. The topological polar surface area (TPSA) is 89.5 Å². The maximum atomic E-state index is 12.6. The van der Waals surface area contributed by atoms with Gasteiger partial charge in [-0.1, -0.05) is 30.3 Å². The molecule has 0 aliphatic carbocycles. The van der Waals surface area contributed by atoms with Gasteiger partial charge in [-0.3, -0.25) is 4.79 Å². The minimum Gasteiger partial charge on any atom is -0.465 e. The number of hydrogen-bond donors (Lipinski definition) is 1. The highest BCUT2D eigenvalue weighted by molar-refractivity contribution is 7.90. The highest BCUT2D eigenvalue weighted by Crippen LogP contribution is 2.35. The molecule has 0 saturated heterocycles. The number of ether oxygens (including phenoxy) is 1. The minimum atomic E-state index is -3.34. The molecule has 144 valence electrons. The Bertz CT molecular complexity index is 1120. The molecule has 1 aromatic heterocycles. The van der Waals surface area contributed by atoms with Gasteiger partial charge in [0.05, 0.1) is 17.7 Å². The van der Waals surface area contributed by atoms with Crippen LogP contribution in [0.25, 0.3) is 10.4 Å². The number of esters is 1. The van der Waals surface area contributed by atoms with Crippen LogP contribution in [0.3, 0.4) is 0 Å². The summed E-state index contributed by atoms with van der Waals surface area (Å²) in [5.41, 5.74) is 1.53. The second-order valence-corrected chi connectivity index (χ2v) is 9.03. The summed E-state index contributed by atoms with van der Waals surface area (Å²) in [6.45, 7) is 0. The Labute approximate surface area is 166 Å². The SMILES string of the molecule is COC(=O)c1sc(-c2ccccc2)cc1NC(=O)c1ccc(S(C)(=O)=O)cc1. The van der Waals surface area contributed by atoms with Crippen LogP contribution < -0.4 is 5.32 Å². The van der Waals surface area contributed by atoms with Gasteiger partial charge >= 0.3 is 5.97 Å². The average Bonchev–Trinajstić information content (AvgIpc) is 3.11. The van der Waals surface area contributed by atoms with E-state index in [4.69, 9.17) is 4.74 Å². The van der Waals surface area contributed by atoms with Crippen molar-refractivity contribution in [2.45, 2.75) is 4.90 Å². The van der Waals surface area contributed by atoms with Crippen molar-refractivity contribution >= 4 is 38.7 Å². The third-order valence-corrected chi connectivity index (χ3v) is 6.25. The van der Waals surface area contributed by atoms with Crippen LogP contribution in [-0.2, 0) is 14.6 Å². The third kappa shape index (κ3) is 4.29. The molecular weight excluding hydrogens is 398 g/mol. The van der Waals surface area contributed by atoms with Crippen molar-refractivity contribution < 1.29 is 22.7 Å². The molecular formula is C20H17NO5S2. The fourth-order valence-electron chi connectivity index (χ4n) is 2.52. The van der Waals surface area contributed by atoms with Crippen molar-refractivity contribution in [2.24, 2.45) is 0 Å². The zero-order valence-electron chi connectivity index (χ0n) is 15.1. The predicted octanol–water partition coefficient (Wildman–Crippen LogP) is 3.86. The molecule has 8 heteroatoms.